The van der Waals surface area contributed by atoms with Gasteiger partial charge in [-0.15, -0.1) is 0 Å². The minimum absolute atomic E-state index is 0.121. The summed E-state index contributed by atoms with van der Waals surface area (Å²) in [6.45, 7) is 27.9. The lowest BCUT2D eigenvalue weighted by molar-refractivity contribution is -0.384. The van der Waals surface area contributed by atoms with Crippen LogP contribution in [0.2, 0.25) is 0 Å². The molecule has 0 amide bonds. The third kappa shape index (κ3) is 7.58. The van der Waals surface area contributed by atoms with Gasteiger partial charge in [-0.05, 0) is 68.0 Å². The monoisotopic (exact) mass is 600 g/mol. The van der Waals surface area contributed by atoms with Crippen molar-refractivity contribution in [1.29, 1.82) is 0 Å². The fraction of sp³-hybridized carbons (Fsp3) is 0.500. The molecule has 1 atom stereocenters. The number of hydrogen-bond acceptors (Lipinski definition) is 5. The molecule has 2 N–H and O–H groups in total. The highest BCUT2D eigenvalue weighted by Gasteiger charge is 2.41. The zero-order chi connectivity index (χ0) is 33.6. The average molecular weight is 601 g/mol. The van der Waals surface area contributed by atoms with Gasteiger partial charge in [0.15, 0.2) is 0 Å². The van der Waals surface area contributed by atoms with Crippen LogP contribution in [-0.4, -0.2) is 27.4 Å². The summed E-state index contributed by atoms with van der Waals surface area (Å²) in [4.78, 5) is 15.7. The number of aliphatic imine (C=N–C) groups is 1. The van der Waals surface area contributed by atoms with E-state index < -0.39 is 16.6 Å². The Labute approximate surface area is 264 Å². The summed E-state index contributed by atoms with van der Waals surface area (Å²) in [5, 5.41) is 35.1. The molecule has 6 heteroatoms. The molecule has 44 heavy (non-hydrogen) atoms. The molecule has 0 spiro atoms. The number of non-ortho nitro benzene ring substituents is 1. The molecule has 0 aliphatic heterocycles. The average Bonchev–Trinajstić information content (AvgIpc) is 2.89. The van der Waals surface area contributed by atoms with Gasteiger partial charge in [0.2, 0.25) is 0 Å². The Hall–Kier alpha value is -3.51. The van der Waals surface area contributed by atoms with Gasteiger partial charge < -0.3 is 10.2 Å². The Morgan fingerprint density at radius 2 is 1.00 bits per heavy atom. The van der Waals surface area contributed by atoms with E-state index in [1.165, 1.54) is 24.4 Å². The van der Waals surface area contributed by atoms with E-state index in [4.69, 9.17) is 4.99 Å². The van der Waals surface area contributed by atoms with Crippen LogP contribution in [-0.2, 0) is 27.3 Å². The van der Waals surface area contributed by atoms with Gasteiger partial charge in [0, 0.05) is 23.9 Å². The van der Waals surface area contributed by atoms with Crippen molar-refractivity contribution in [2.75, 3.05) is 0 Å². The van der Waals surface area contributed by atoms with E-state index in [2.05, 4.69) is 119 Å². The lowest BCUT2D eigenvalue weighted by Crippen LogP contribution is -2.39. The summed E-state index contributed by atoms with van der Waals surface area (Å²) in [5.74, 6) is -0.121. The molecule has 0 saturated carbocycles. The van der Waals surface area contributed by atoms with Crippen molar-refractivity contribution in [2.45, 2.75) is 123 Å². The Morgan fingerprint density at radius 1 is 0.659 bits per heavy atom. The number of nitro benzene ring substituents is 1. The van der Waals surface area contributed by atoms with Crippen molar-refractivity contribution in [1.82, 2.24) is 0 Å². The smallest absolute Gasteiger partial charge is 0.270 e. The summed E-state index contributed by atoms with van der Waals surface area (Å²) < 4.78 is 0. The largest absolute Gasteiger partial charge is 0.507 e. The standard InChI is InChI=1S/C38H52N2O4/c1-24(39-23-25-16-32(40(43)44)14-15-33(25)41)38(42,30-19-26(34(2,3)4)17-27(20-30)35(5,6)7)31-21-28(36(8,9)10)18-29(22-31)37(11,12)13/h14-24,41-42H,1-13H3/t24-/m0/s1. The molecule has 0 aliphatic rings. The van der Waals surface area contributed by atoms with Crippen LogP contribution in [0, 0.1) is 10.1 Å². The zero-order valence-electron chi connectivity index (χ0n) is 29.0. The first-order valence-electron chi connectivity index (χ1n) is 15.4. The van der Waals surface area contributed by atoms with Gasteiger partial charge in [-0.25, -0.2) is 0 Å². The number of phenols is 1. The minimum atomic E-state index is -1.57. The second-order valence-electron chi connectivity index (χ2n) is 16.3. The highest BCUT2D eigenvalue weighted by molar-refractivity contribution is 5.84. The lowest BCUT2D eigenvalue weighted by atomic mass is 9.71. The fourth-order valence-corrected chi connectivity index (χ4v) is 5.14. The third-order valence-electron chi connectivity index (χ3n) is 8.47. The molecular formula is C38H52N2O4. The van der Waals surface area contributed by atoms with E-state index in [1.807, 2.05) is 6.92 Å². The maximum absolute atomic E-state index is 13.2. The van der Waals surface area contributed by atoms with E-state index >= 15 is 0 Å². The van der Waals surface area contributed by atoms with E-state index in [9.17, 15) is 20.3 Å². The molecule has 0 unspecified atom stereocenters. The van der Waals surface area contributed by atoms with Gasteiger partial charge in [-0.3, -0.25) is 15.1 Å². The molecule has 0 bridgehead atoms. The lowest BCUT2D eigenvalue weighted by Gasteiger charge is -2.38. The molecule has 3 rings (SSSR count). The first-order valence-corrected chi connectivity index (χ1v) is 15.4. The molecule has 3 aromatic carbocycles. The Kier molecular flexibility index (Phi) is 9.36. The summed E-state index contributed by atoms with van der Waals surface area (Å²) in [5.41, 5.74) is 3.66. The molecule has 0 saturated heterocycles. The summed E-state index contributed by atoms with van der Waals surface area (Å²) in [6, 6.07) is 15.9. The number of benzene rings is 3. The van der Waals surface area contributed by atoms with Gasteiger partial charge in [0.1, 0.15) is 11.4 Å². The predicted molar refractivity (Wildman–Crippen MR) is 182 cm³/mol. The number of rotatable bonds is 6. The first kappa shape index (κ1) is 35.0. The molecule has 0 aromatic heterocycles. The van der Waals surface area contributed by atoms with E-state index in [0.717, 1.165) is 33.4 Å². The van der Waals surface area contributed by atoms with Gasteiger partial charge in [-0.2, -0.15) is 0 Å². The second-order valence-corrected chi connectivity index (χ2v) is 16.3. The maximum Gasteiger partial charge on any atom is 0.270 e. The SMILES string of the molecule is C[C@H](N=Cc1cc([N+](=O)[O-])ccc1O)C(O)(c1cc(C(C)(C)C)cc(C(C)(C)C)c1)c1cc(C(C)(C)C)cc(C(C)(C)C)c1. The van der Waals surface area contributed by atoms with Crippen molar-refractivity contribution >= 4 is 11.9 Å². The van der Waals surface area contributed by atoms with Gasteiger partial charge >= 0.3 is 0 Å². The number of nitrogens with zero attached hydrogens (tertiary/aromatic N) is 2. The number of aliphatic hydroxyl groups is 1. The highest BCUT2D eigenvalue weighted by Crippen LogP contribution is 2.42. The third-order valence-corrected chi connectivity index (χ3v) is 8.47. The summed E-state index contributed by atoms with van der Waals surface area (Å²) in [7, 11) is 0. The minimum Gasteiger partial charge on any atom is -0.507 e. The van der Waals surface area contributed by atoms with Crippen molar-refractivity contribution in [2.24, 2.45) is 4.99 Å². The first-order chi connectivity index (χ1) is 19.8. The Balaban J connectivity index is 2.44. The molecule has 238 valence electrons. The van der Waals surface area contributed by atoms with E-state index in [-0.39, 0.29) is 38.7 Å². The summed E-state index contributed by atoms with van der Waals surface area (Å²) >= 11 is 0. The molecule has 0 radical (unpaired) electrons. The van der Waals surface area contributed by atoms with Crippen molar-refractivity contribution in [3.63, 3.8) is 0 Å². The van der Waals surface area contributed by atoms with E-state index in [0.29, 0.717) is 0 Å². The van der Waals surface area contributed by atoms with Crippen molar-refractivity contribution < 1.29 is 15.1 Å². The molecule has 0 fully saturated rings. The van der Waals surface area contributed by atoms with Crippen LogP contribution in [0.3, 0.4) is 0 Å². The fourth-order valence-electron chi connectivity index (χ4n) is 5.14. The van der Waals surface area contributed by atoms with Gasteiger partial charge in [0.05, 0.1) is 11.0 Å². The van der Waals surface area contributed by atoms with Crippen LogP contribution in [0.5, 0.6) is 5.75 Å². The van der Waals surface area contributed by atoms with Crippen LogP contribution in [0.25, 0.3) is 0 Å². The Morgan fingerprint density at radius 3 is 1.32 bits per heavy atom. The maximum atomic E-state index is 13.2. The van der Waals surface area contributed by atoms with Crippen molar-refractivity contribution in [3.05, 3.63) is 104 Å². The molecule has 0 aliphatic carbocycles. The highest BCUT2D eigenvalue weighted by atomic mass is 16.6. The summed E-state index contributed by atoms with van der Waals surface area (Å²) in [6.07, 6.45) is 1.43. The molecule has 3 aromatic rings. The topological polar surface area (TPSA) is 96.0 Å². The normalized spacial score (nSPS) is 14.2. The van der Waals surface area contributed by atoms with Crippen LogP contribution in [0.15, 0.2) is 59.6 Å². The second kappa shape index (κ2) is 11.8. The molecule has 0 heterocycles. The number of aromatic hydroxyl groups is 1. The van der Waals surface area contributed by atoms with Crippen LogP contribution in [0.1, 0.15) is 129 Å². The zero-order valence-corrected chi connectivity index (χ0v) is 29.0. The van der Waals surface area contributed by atoms with Gasteiger partial charge in [0.25, 0.3) is 5.69 Å². The van der Waals surface area contributed by atoms with Crippen LogP contribution < -0.4 is 0 Å². The molecule has 6 nitrogen and oxygen atoms in total. The predicted octanol–water partition coefficient (Wildman–Crippen LogP) is 9.23. The molecular weight excluding hydrogens is 548 g/mol. The number of hydrogen-bond donors (Lipinski definition) is 2. The number of nitro groups is 1. The van der Waals surface area contributed by atoms with Crippen LogP contribution >= 0.6 is 0 Å². The van der Waals surface area contributed by atoms with E-state index in [1.54, 1.807) is 0 Å². The van der Waals surface area contributed by atoms with Gasteiger partial charge in [-0.1, -0.05) is 119 Å². The Bertz CT molecular complexity index is 1420. The quantitative estimate of drug-likeness (QED) is 0.167. The van der Waals surface area contributed by atoms with Crippen LogP contribution in [0.4, 0.5) is 5.69 Å². The van der Waals surface area contributed by atoms with Crippen molar-refractivity contribution in [3.8, 4) is 5.75 Å². The number of phenolic OH excluding ortho intramolecular Hbond substituents is 1.